The lowest BCUT2D eigenvalue weighted by atomic mass is 10.1. The summed E-state index contributed by atoms with van der Waals surface area (Å²) in [5, 5.41) is 3.84. The van der Waals surface area contributed by atoms with E-state index in [0.29, 0.717) is 21.7 Å². The minimum absolute atomic E-state index is 0.0509. The van der Waals surface area contributed by atoms with Gasteiger partial charge in [0.25, 0.3) is 21.5 Å². The van der Waals surface area contributed by atoms with Crippen LogP contribution in [0.2, 0.25) is 5.02 Å². The van der Waals surface area contributed by atoms with Crippen LogP contribution in [0.25, 0.3) is 11.0 Å². The van der Waals surface area contributed by atoms with E-state index in [9.17, 15) is 18.0 Å². The van der Waals surface area contributed by atoms with Crippen LogP contribution in [0.4, 0.5) is 11.6 Å². The third kappa shape index (κ3) is 5.38. The maximum absolute atomic E-state index is 13.4. The van der Waals surface area contributed by atoms with Gasteiger partial charge in [-0.05, 0) is 66.2 Å². The van der Waals surface area contributed by atoms with Gasteiger partial charge in [0.2, 0.25) is 5.95 Å². The molecule has 0 unspecified atom stereocenters. The molecular weight excluding hydrogens is 528 g/mol. The van der Waals surface area contributed by atoms with Gasteiger partial charge in [0.15, 0.2) is 0 Å². The fourth-order valence-electron chi connectivity index (χ4n) is 3.73. The van der Waals surface area contributed by atoms with Crippen molar-refractivity contribution in [2.24, 2.45) is 0 Å². The Kier molecular flexibility index (Phi) is 6.86. The molecule has 5 rings (SSSR count). The van der Waals surface area contributed by atoms with E-state index in [1.165, 1.54) is 47.3 Å². The molecule has 190 valence electrons. The molecule has 0 aliphatic carbocycles. The highest BCUT2D eigenvalue weighted by Crippen LogP contribution is 2.18. The van der Waals surface area contributed by atoms with Crippen molar-refractivity contribution in [3.63, 3.8) is 0 Å². The maximum atomic E-state index is 13.4. The zero-order valence-corrected chi connectivity index (χ0v) is 21.1. The van der Waals surface area contributed by atoms with Gasteiger partial charge in [-0.25, -0.2) is 28.1 Å². The molecule has 0 saturated carbocycles. The highest BCUT2D eigenvalue weighted by Gasteiger charge is 2.19. The van der Waals surface area contributed by atoms with Crippen LogP contribution in [0, 0.1) is 0 Å². The van der Waals surface area contributed by atoms with Gasteiger partial charge in [-0.15, -0.1) is 0 Å². The predicted molar refractivity (Wildman–Crippen MR) is 144 cm³/mol. The van der Waals surface area contributed by atoms with Crippen LogP contribution in [0.5, 0.6) is 0 Å². The summed E-state index contributed by atoms with van der Waals surface area (Å²) in [5.41, 5.74) is 0.953. The van der Waals surface area contributed by atoms with Gasteiger partial charge in [-0.3, -0.25) is 14.2 Å². The van der Waals surface area contributed by atoms with Crippen LogP contribution in [0.15, 0.2) is 101 Å². The van der Waals surface area contributed by atoms with Crippen LogP contribution in [-0.4, -0.2) is 33.8 Å². The number of sulfonamides is 1. The number of amides is 1. The molecular formula is C26H19ClN6O4S. The zero-order chi connectivity index (χ0) is 26.7. The second kappa shape index (κ2) is 10.4. The molecule has 3 heterocycles. The minimum atomic E-state index is -3.94. The number of carbonyl (C=O) groups excluding carboxylic acids is 1. The number of anilines is 2. The third-order valence-corrected chi connectivity index (χ3v) is 7.16. The molecule has 38 heavy (non-hydrogen) atoms. The highest BCUT2D eigenvalue weighted by atomic mass is 35.5. The van der Waals surface area contributed by atoms with Crippen molar-refractivity contribution in [2.45, 2.75) is 11.4 Å². The standard InChI is InChI=1S/C26H19ClN6O4S/c27-19-6-4-17(5-7-19)16-33-23-18(3-1-12-28-23)15-22(25(33)35)24(34)31-20-8-10-21(11-9-20)38(36,37)32-26-29-13-2-14-30-26/h1-15H,16H2,(H,31,34)(H,29,30,32). The molecule has 1 amide bonds. The van der Waals surface area contributed by atoms with Crippen LogP contribution in [-0.2, 0) is 16.6 Å². The fourth-order valence-corrected chi connectivity index (χ4v) is 4.82. The fraction of sp³-hybridized carbons (Fsp3) is 0.0385. The minimum Gasteiger partial charge on any atom is -0.322 e. The van der Waals surface area contributed by atoms with Gasteiger partial charge >= 0.3 is 0 Å². The number of nitrogens with one attached hydrogen (secondary N) is 2. The highest BCUT2D eigenvalue weighted by molar-refractivity contribution is 7.92. The number of fused-ring (bicyclic) bond motifs is 1. The van der Waals surface area contributed by atoms with Gasteiger partial charge in [0, 0.05) is 34.7 Å². The van der Waals surface area contributed by atoms with Gasteiger partial charge < -0.3 is 5.32 Å². The van der Waals surface area contributed by atoms with E-state index in [2.05, 4.69) is 25.0 Å². The quantitative estimate of drug-likeness (QED) is 0.315. The van der Waals surface area contributed by atoms with E-state index >= 15 is 0 Å². The first-order chi connectivity index (χ1) is 18.3. The average molecular weight is 547 g/mol. The number of benzene rings is 2. The summed E-state index contributed by atoms with van der Waals surface area (Å²) < 4.78 is 28.9. The van der Waals surface area contributed by atoms with Crippen molar-refractivity contribution in [1.82, 2.24) is 19.5 Å². The molecule has 10 nitrogen and oxygen atoms in total. The van der Waals surface area contributed by atoms with Crippen LogP contribution >= 0.6 is 11.6 Å². The normalized spacial score (nSPS) is 11.3. The van der Waals surface area contributed by atoms with Crippen molar-refractivity contribution < 1.29 is 13.2 Å². The Bertz CT molecular complexity index is 1790. The Hall–Kier alpha value is -4.61. The van der Waals surface area contributed by atoms with Crippen LogP contribution in [0.1, 0.15) is 15.9 Å². The molecule has 0 aliphatic rings. The van der Waals surface area contributed by atoms with Crippen molar-refractivity contribution >= 4 is 50.2 Å². The molecule has 12 heteroatoms. The van der Waals surface area contributed by atoms with Crippen molar-refractivity contribution in [3.8, 4) is 0 Å². The molecule has 5 aromatic rings. The SMILES string of the molecule is O=C(Nc1ccc(S(=O)(=O)Nc2ncccn2)cc1)c1cc2cccnc2n(Cc2ccc(Cl)cc2)c1=O. The first-order valence-corrected chi connectivity index (χ1v) is 13.1. The van der Waals surface area contributed by atoms with Gasteiger partial charge in [0.05, 0.1) is 11.4 Å². The summed E-state index contributed by atoms with van der Waals surface area (Å²) >= 11 is 5.98. The second-order valence-corrected chi connectivity index (χ2v) is 10.3. The molecule has 2 N–H and O–H groups in total. The van der Waals surface area contributed by atoms with E-state index in [1.807, 2.05) is 0 Å². The van der Waals surface area contributed by atoms with E-state index in [-0.39, 0.29) is 23.0 Å². The Labute approximate surface area is 222 Å². The van der Waals surface area contributed by atoms with Crippen molar-refractivity contribution in [1.29, 1.82) is 0 Å². The first kappa shape index (κ1) is 25.1. The maximum Gasteiger partial charge on any atom is 0.265 e. The smallest absolute Gasteiger partial charge is 0.265 e. The number of hydrogen-bond acceptors (Lipinski definition) is 7. The lowest BCUT2D eigenvalue weighted by molar-refractivity contribution is 0.102. The van der Waals surface area contributed by atoms with E-state index in [0.717, 1.165) is 5.56 Å². The van der Waals surface area contributed by atoms with Crippen molar-refractivity contribution in [3.05, 3.63) is 118 Å². The summed E-state index contributed by atoms with van der Waals surface area (Å²) in [6.45, 7) is 0.190. The molecule has 0 radical (unpaired) electrons. The molecule has 0 bridgehead atoms. The Morgan fingerprint density at radius 2 is 1.58 bits per heavy atom. The number of pyridine rings is 2. The summed E-state index contributed by atoms with van der Waals surface area (Å²) in [6, 6.07) is 19.1. The van der Waals surface area contributed by atoms with Crippen LogP contribution < -0.4 is 15.6 Å². The first-order valence-electron chi connectivity index (χ1n) is 11.2. The van der Waals surface area contributed by atoms with E-state index in [4.69, 9.17) is 11.6 Å². The number of hydrogen-bond donors (Lipinski definition) is 2. The largest absolute Gasteiger partial charge is 0.322 e. The number of carbonyl (C=O) groups is 1. The summed E-state index contributed by atoms with van der Waals surface area (Å²) in [5.74, 6) is -0.706. The average Bonchev–Trinajstić information content (AvgIpc) is 2.92. The summed E-state index contributed by atoms with van der Waals surface area (Å²) in [7, 11) is -3.94. The molecule has 0 saturated heterocycles. The van der Waals surface area contributed by atoms with E-state index < -0.39 is 21.5 Å². The number of halogens is 1. The number of nitrogens with zero attached hydrogens (tertiary/aromatic N) is 4. The second-order valence-electron chi connectivity index (χ2n) is 8.15. The molecule has 0 atom stereocenters. The topological polar surface area (TPSA) is 136 Å². The molecule has 0 aliphatic heterocycles. The lowest BCUT2D eigenvalue weighted by Gasteiger charge is -2.13. The van der Waals surface area contributed by atoms with Crippen LogP contribution in [0.3, 0.4) is 0 Å². The third-order valence-electron chi connectivity index (χ3n) is 5.56. The Morgan fingerprint density at radius 1 is 0.895 bits per heavy atom. The monoisotopic (exact) mass is 546 g/mol. The summed E-state index contributed by atoms with van der Waals surface area (Å²) in [4.78, 5) is 38.5. The molecule has 2 aromatic carbocycles. The molecule has 3 aromatic heterocycles. The van der Waals surface area contributed by atoms with Gasteiger partial charge in [-0.2, -0.15) is 0 Å². The molecule has 0 spiro atoms. The summed E-state index contributed by atoms with van der Waals surface area (Å²) in [6.07, 6.45) is 4.40. The lowest BCUT2D eigenvalue weighted by Crippen LogP contribution is -2.30. The molecule has 0 fully saturated rings. The Balaban J connectivity index is 1.41. The number of aromatic nitrogens is 4. The van der Waals surface area contributed by atoms with Gasteiger partial charge in [-0.1, -0.05) is 23.7 Å². The van der Waals surface area contributed by atoms with Crippen molar-refractivity contribution in [2.75, 3.05) is 10.0 Å². The zero-order valence-electron chi connectivity index (χ0n) is 19.6. The predicted octanol–water partition coefficient (Wildman–Crippen LogP) is 3.94. The van der Waals surface area contributed by atoms with Gasteiger partial charge in [0.1, 0.15) is 11.2 Å². The van der Waals surface area contributed by atoms with E-state index in [1.54, 1.807) is 48.7 Å². The number of rotatable bonds is 7. The Morgan fingerprint density at radius 3 is 2.29 bits per heavy atom.